The van der Waals surface area contributed by atoms with Crippen LogP contribution < -0.4 is 10.6 Å². The fourth-order valence-corrected chi connectivity index (χ4v) is 4.01. The number of carbonyl (C=O) groups excluding carboxylic acids is 1. The predicted molar refractivity (Wildman–Crippen MR) is 83.3 cm³/mol. The van der Waals surface area contributed by atoms with Crippen molar-refractivity contribution in [2.45, 2.75) is 88.8 Å². The third kappa shape index (κ3) is 4.12. The molecule has 0 aromatic heterocycles. The smallest absolute Gasteiger partial charge is 0.315 e. The zero-order valence-electron chi connectivity index (χ0n) is 13.3. The molecule has 2 atom stereocenters. The van der Waals surface area contributed by atoms with E-state index in [1.807, 2.05) is 0 Å². The third-order valence-corrected chi connectivity index (χ3v) is 5.49. The first-order valence-corrected chi connectivity index (χ1v) is 8.90. The van der Waals surface area contributed by atoms with Crippen LogP contribution in [0.3, 0.4) is 0 Å². The molecule has 0 aromatic carbocycles. The highest BCUT2D eigenvalue weighted by molar-refractivity contribution is 5.74. The molecule has 0 radical (unpaired) electrons. The van der Waals surface area contributed by atoms with Crippen LogP contribution in [0.5, 0.6) is 0 Å². The maximum absolute atomic E-state index is 12.2. The van der Waals surface area contributed by atoms with Crippen LogP contribution in [0.2, 0.25) is 0 Å². The highest BCUT2D eigenvalue weighted by Crippen LogP contribution is 2.40. The van der Waals surface area contributed by atoms with Gasteiger partial charge in [-0.3, -0.25) is 0 Å². The molecule has 3 rings (SSSR count). The van der Waals surface area contributed by atoms with E-state index in [0.29, 0.717) is 6.04 Å². The number of hydrogen-bond donors (Lipinski definition) is 2. The summed E-state index contributed by atoms with van der Waals surface area (Å²) >= 11 is 0. The summed E-state index contributed by atoms with van der Waals surface area (Å²) in [5, 5.41) is 6.37. The molecule has 0 aromatic rings. The van der Waals surface area contributed by atoms with Crippen molar-refractivity contribution in [3.63, 3.8) is 0 Å². The molecule has 3 fully saturated rings. The van der Waals surface area contributed by atoms with Crippen molar-refractivity contribution in [2.24, 2.45) is 5.92 Å². The van der Waals surface area contributed by atoms with Gasteiger partial charge in [0.2, 0.25) is 0 Å². The number of hydrogen-bond acceptors (Lipinski definition) is 2. The first-order chi connectivity index (χ1) is 10.2. The lowest BCUT2D eigenvalue weighted by atomic mass is 9.89. The lowest BCUT2D eigenvalue weighted by Gasteiger charge is -2.38. The van der Waals surface area contributed by atoms with Crippen molar-refractivity contribution in [2.75, 3.05) is 6.61 Å². The second kappa shape index (κ2) is 6.55. The van der Waals surface area contributed by atoms with Crippen LogP contribution in [0.15, 0.2) is 0 Å². The van der Waals surface area contributed by atoms with E-state index in [4.69, 9.17) is 4.74 Å². The van der Waals surface area contributed by atoms with Gasteiger partial charge >= 0.3 is 6.03 Å². The molecule has 2 saturated carbocycles. The monoisotopic (exact) mass is 294 g/mol. The number of carbonyl (C=O) groups is 1. The molecule has 4 heteroatoms. The molecule has 2 amide bonds. The number of urea groups is 1. The molecule has 120 valence electrons. The zero-order chi connectivity index (χ0) is 14.7. The highest BCUT2D eigenvalue weighted by Gasteiger charge is 2.40. The molecule has 0 unspecified atom stereocenters. The molecular weight excluding hydrogens is 264 g/mol. The quantitative estimate of drug-likeness (QED) is 0.817. The highest BCUT2D eigenvalue weighted by atomic mass is 16.5. The molecule has 0 bridgehead atoms. The van der Waals surface area contributed by atoms with Crippen LogP contribution in [0.25, 0.3) is 0 Å². The fraction of sp³-hybridized carbons (Fsp3) is 0.941. The Morgan fingerprint density at radius 3 is 2.71 bits per heavy atom. The largest absolute Gasteiger partial charge is 0.375 e. The summed E-state index contributed by atoms with van der Waals surface area (Å²) in [6.07, 6.45) is 11.7. The maximum Gasteiger partial charge on any atom is 0.315 e. The lowest BCUT2D eigenvalue weighted by molar-refractivity contribution is -0.0820. The van der Waals surface area contributed by atoms with Crippen molar-refractivity contribution >= 4 is 6.03 Å². The molecule has 21 heavy (non-hydrogen) atoms. The Morgan fingerprint density at radius 1 is 1.29 bits per heavy atom. The van der Waals surface area contributed by atoms with E-state index in [1.165, 1.54) is 38.5 Å². The standard InChI is InChI=1S/C17H30N2O2/c1-2-14(11-13-5-6-13)18-16(20)19-15-7-10-21-17(12-15)8-3-4-9-17/h13-15H,2-12H2,1H3,(H2,18,19,20)/t14-,15+/m1/s1. The van der Waals surface area contributed by atoms with Crippen LogP contribution in [-0.4, -0.2) is 30.3 Å². The van der Waals surface area contributed by atoms with Crippen LogP contribution in [-0.2, 0) is 4.74 Å². The predicted octanol–water partition coefficient (Wildman–Crippen LogP) is 3.36. The van der Waals surface area contributed by atoms with Gasteiger partial charge in [0.15, 0.2) is 0 Å². The Bertz CT molecular complexity index is 362. The van der Waals surface area contributed by atoms with Gasteiger partial charge < -0.3 is 15.4 Å². The Balaban J connectivity index is 1.45. The van der Waals surface area contributed by atoms with Crippen LogP contribution in [0, 0.1) is 5.92 Å². The van der Waals surface area contributed by atoms with Crippen molar-refractivity contribution in [3.8, 4) is 0 Å². The van der Waals surface area contributed by atoms with Gasteiger partial charge in [-0.15, -0.1) is 0 Å². The zero-order valence-corrected chi connectivity index (χ0v) is 13.3. The normalized spacial score (nSPS) is 29.3. The molecule has 2 N–H and O–H groups in total. The first kappa shape index (κ1) is 15.1. The van der Waals surface area contributed by atoms with E-state index in [9.17, 15) is 4.79 Å². The second-order valence-electron chi connectivity index (χ2n) is 7.33. The Hall–Kier alpha value is -0.770. The summed E-state index contributed by atoms with van der Waals surface area (Å²) in [5.74, 6) is 0.861. The lowest BCUT2D eigenvalue weighted by Crippen LogP contribution is -2.51. The van der Waals surface area contributed by atoms with Gasteiger partial charge in [-0.1, -0.05) is 32.6 Å². The van der Waals surface area contributed by atoms with Crippen molar-refractivity contribution in [3.05, 3.63) is 0 Å². The van der Waals surface area contributed by atoms with E-state index < -0.39 is 0 Å². The Labute approximate surface area is 128 Å². The van der Waals surface area contributed by atoms with E-state index in [1.54, 1.807) is 0 Å². The van der Waals surface area contributed by atoms with Crippen molar-refractivity contribution < 1.29 is 9.53 Å². The van der Waals surface area contributed by atoms with Gasteiger partial charge in [0, 0.05) is 18.7 Å². The fourth-order valence-electron chi connectivity index (χ4n) is 4.01. The number of amides is 2. The van der Waals surface area contributed by atoms with E-state index in [-0.39, 0.29) is 17.7 Å². The van der Waals surface area contributed by atoms with E-state index in [2.05, 4.69) is 17.6 Å². The first-order valence-electron chi connectivity index (χ1n) is 8.90. The van der Waals surface area contributed by atoms with Gasteiger partial charge in [0.05, 0.1) is 5.60 Å². The van der Waals surface area contributed by atoms with Crippen molar-refractivity contribution in [1.29, 1.82) is 0 Å². The maximum atomic E-state index is 12.2. The van der Waals surface area contributed by atoms with Gasteiger partial charge in [0.1, 0.15) is 0 Å². The van der Waals surface area contributed by atoms with E-state index in [0.717, 1.165) is 38.2 Å². The summed E-state index contributed by atoms with van der Waals surface area (Å²) in [5.41, 5.74) is 0.0777. The second-order valence-corrected chi connectivity index (χ2v) is 7.33. The van der Waals surface area contributed by atoms with Crippen LogP contribution >= 0.6 is 0 Å². The number of rotatable bonds is 5. The van der Waals surface area contributed by atoms with Crippen LogP contribution in [0.1, 0.15) is 71.1 Å². The van der Waals surface area contributed by atoms with Gasteiger partial charge in [0.25, 0.3) is 0 Å². The summed E-state index contributed by atoms with van der Waals surface area (Å²) < 4.78 is 6.03. The average molecular weight is 294 g/mol. The summed E-state index contributed by atoms with van der Waals surface area (Å²) in [6.45, 7) is 2.96. The minimum absolute atomic E-state index is 0.0301. The topological polar surface area (TPSA) is 50.4 Å². The molecule has 3 aliphatic rings. The summed E-state index contributed by atoms with van der Waals surface area (Å²) in [4.78, 5) is 12.2. The number of nitrogens with one attached hydrogen (secondary N) is 2. The third-order valence-electron chi connectivity index (χ3n) is 5.49. The summed E-state index contributed by atoms with van der Waals surface area (Å²) in [6, 6.07) is 0.663. The van der Waals surface area contributed by atoms with Gasteiger partial charge in [-0.2, -0.15) is 0 Å². The molecule has 4 nitrogen and oxygen atoms in total. The summed E-state index contributed by atoms with van der Waals surface area (Å²) in [7, 11) is 0. The molecule has 1 aliphatic heterocycles. The van der Waals surface area contributed by atoms with Gasteiger partial charge in [-0.25, -0.2) is 4.79 Å². The number of ether oxygens (including phenoxy) is 1. The minimum atomic E-state index is 0.0301. The van der Waals surface area contributed by atoms with Crippen LogP contribution in [0.4, 0.5) is 4.79 Å². The SMILES string of the molecule is CC[C@H](CC1CC1)NC(=O)N[C@H]1CCOC2(CCCC2)C1. The Kier molecular flexibility index (Phi) is 4.72. The van der Waals surface area contributed by atoms with E-state index >= 15 is 0 Å². The van der Waals surface area contributed by atoms with Crippen molar-refractivity contribution in [1.82, 2.24) is 10.6 Å². The molecule has 2 aliphatic carbocycles. The molecule has 1 saturated heterocycles. The van der Waals surface area contributed by atoms with Gasteiger partial charge in [-0.05, 0) is 44.4 Å². The molecule has 1 spiro atoms. The Morgan fingerprint density at radius 2 is 2.05 bits per heavy atom. The molecule has 1 heterocycles. The minimum Gasteiger partial charge on any atom is -0.375 e. The average Bonchev–Trinajstić information content (AvgIpc) is 3.18. The molecular formula is C17H30N2O2.